The average molecular weight is 1270 g/mol. The van der Waals surface area contributed by atoms with E-state index in [1.54, 1.807) is 12.1 Å². The van der Waals surface area contributed by atoms with Crippen molar-refractivity contribution < 1.29 is 53.3 Å². The highest BCUT2D eigenvalue weighted by atomic mass is 16.6. The largest absolute Gasteiger partial charge is 0.490 e. The van der Waals surface area contributed by atoms with Crippen LogP contribution in [0.2, 0.25) is 0 Å². The SMILES string of the molecule is CCCCCCCCCCCCCCCCCCOc1cc(C(OC(=O)CCC(=O)O)[C@@]2(O)[C@@H](CO)O[C@@H](n3ccc(=O)[nH]c3=O)[C@@H]2OC)cc(OCCCCCCCCCCCCCCCCCC)c1OCCCCCCCCCCCCCCCCCC. The monoisotopic (exact) mass is 1270 g/mol. The van der Waals surface area contributed by atoms with Gasteiger partial charge in [-0.15, -0.1) is 0 Å². The molecule has 90 heavy (non-hydrogen) atoms. The Morgan fingerprint density at radius 3 is 1.17 bits per heavy atom. The quantitative estimate of drug-likeness (QED) is 0.0360. The van der Waals surface area contributed by atoms with Crippen LogP contribution >= 0.6 is 0 Å². The van der Waals surface area contributed by atoms with E-state index in [0.717, 1.165) is 81.3 Å². The molecule has 1 aromatic carbocycles. The second kappa shape index (κ2) is 53.4. The normalized spacial score (nSPS) is 16.8. The van der Waals surface area contributed by atoms with Crippen molar-refractivity contribution in [3.8, 4) is 17.2 Å². The van der Waals surface area contributed by atoms with Crippen LogP contribution in [0.5, 0.6) is 17.2 Å². The predicted octanol–water partition coefficient (Wildman–Crippen LogP) is 19.2. The van der Waals surface area contributed by atoms with Crippen LogP contribution in [-0.4, -0.2) is 88.2 Å². The fourth-order valence-electron chi connectivity index (χ4n) is 12.8. The summed E-state index contributed by atoms with van der Waals surface area (Å²) in [5.74, 6) is -1.11. The summed E-state index contributed by atoms with van der Waals surface area (Å²) in [6.45, 7) is 7.11. The average Bonchev–Trinajstić information content (AvgIpc) is 1.55. The fourth-order valence-corrected chi connectivity index (χ4v) is 12.8. The number of aliphatic hydroxyl groups is 2. The molecular weight excluding hydrogens is 1140 g/mol. The van der Waals surface area contributed by atoms with Crippen LogP contribution in [0.25, 0.3) is 0 Å². The number of H-pyrrole nitrogens is 1. The van der Waals surface area contributed by atoms with E-state index in [4.69, 9.17) is 28.4 Å². The molecule has 5 atom stereocenters. The molecule has 1 unspecified atom stereocenters. The maximum Gasteiger partial charge on any atom is 0.330 e. The number of methoxy groups -OCH3 is 1. The number of ether oxygens (including phenoxy) is 6. The molecule has 2 aromatic rings. The number of aromatic nitrogens is 2. The van der Waals surface area contributed by atoms with Gasteiger partial charge in [-0.1, -0.05) is 310 Å². The van der Waals surface area contributed by atoms with Crippen molar-refractivity contribution in [3.05, 3.63) is 50.8 Å². The summed E-state index contributed by atoms with van der Waals surface area (Å²) in [6.07, 6.45) is 53.8. The van der Waals surface area contributed by atoms with Gasteiger partial charge < -0.3 is 43.7 Å². The molecule has 15 nitrogen and oxygen atoms in total. The molecule has 2 heterocycles. The van der Waals surface area contributed by atoms with E-state index < -0.39 is 72.8 Å². The Labute approximate surface area is 546 Å². The Morgan fingerprint density at radius 1 is 0.522 bits per heavy atom. The van der Waals surface area contributed by atoms with Crippen LogP contribution in [0.15, 0.2) is 34.0 Å². The molecule has 1 aliphatic heterocycles. The fraction of sp³-hybridized carbons (Fsp3) is 0.840. The number of aliphatic carboxylic acids is 1. The third-order valence-corrected chi connectivity index (χ3v) is 18.4. The number of nitrogens with one attached hydrogen (secondary N) is 1. The number of carbonyl (C=O) groups is 2. The molecule has 15 heteroatoms. The third kappa shape index (κ3) is 34.8. The number of rotatable bonds is 63. The molecule has 0 spiro atoms. The summed E-state index contributed by atoms with van der Waals surface area (Å²) >= 11 is 0. The van der Waals surface area contributed by atoms with Gasteiger partial charge in [0.15, 0.2) is 29.4 Å². The molecule has 3 rings (SSSR count). The van der Waals surface area contributed by atoms with E-state index in [2.05, 4.69) is 25.8 Å². The van der Waals surface area contributed by atoms with E-state index in [1.807, 2.05) is 0 Å². The predicted molar refractivity (Wildman–Crippen MR) is 365 cm³/mol. The summed E-state index contributed by atoms with van der Waals surface area (Å²) < 4.78 is 39.5. The molecule has 0 aliphatic carbocycles. The first-order chi connectivity index (χ1) is 44.0. The Hall–Kier alpha value is -3.92. The second-order valence-electron chi connectivity index (χ2n) is 26.3. The molecule has 0 bridgehead atoms. The van der Waals surface area contributed by atoms with Gasteiger partial charge in [0, 0.05) is 24.9 Å². The van der Waals surface area contributed by atoms with E-state index in [-0.39, 0.29) is 5.56 Å². The van der Waals surface area contributed by atoms with Gasteiger partial charge in [0.2, 0.25) is 5.75 Å². The van der Waals surface area contributed by atoms with Crippen molar-refractivity contribution in [1.82, 2.24) is 9.55 Å². The van der Waals surface area contributed by atoms with E-state index in [9.17, 15) is 34.5 Å². The number of carbonyl (C=O) groups excluding carboxylic acids is 1. The zero-order valence-electron chi connectivity index (χ0n) is 57.7. The third-order valence-electron chi connectivity index (χ3n) is 18.4. The summed E-state index contributed by atoms with van der Waals surface area (Å²) in [7, 11) is 1.29. The number of aliphatic hydroxyl groups excluding tert-OH is 1. The number of nitrogens with zero attached hydrogens (tertiary/aromatic N) is 1. The minimum atomic E-state index is -2.42. The summed E-state index contributed by atoms with van der Waals surface area (Å²) in [6, 6.07) is 4.44. The van der Waals surface area contributed by atoms with E-state index >= 15 is 0 Å². The molecule has 1 saturated heterocycles. The smallest absolute Gasteiger partial charge is 0.330 e. The molecular formula is C75H132N2O13. The highest BCUT2D eigenvalue weighted by Crippen LogP contribution is 2.50. The first-order valence-electron chi connectivity index (χ1n) is 37.4. The van der Waals surface area contributed by atoms with Gasteiger partial charge >= 0.3 is 17.6 Å². The van der Waals surface area contributed by atoms with Crippen molar-refractivity contribution in [2.45, 2.75) is 372 Å². The topological polar surface area (TPSA) is 205 Å². The van der Waals surface area contributed by atoms with Gasteiger partial charge in [0.25, 0.3) is 5.56 Å². The van der Waals surface area contributed by atoms with Gasteiger partial charge in [0.05, 0.1) is 39.3 Å². The van der Waals surface area contributed by atoms with Crippen molar-refractivity contribution >= 4 is 11.9 Å². The first kappa shape index (κ1) is 80.3. The molecule has 520 valence electrons. The van der Waals surface area contributed by atoms with Crippen LogP contribution in [0.1, 0.15) is 360 Å². The number of hydrogen-bond acceptors (Lipinski definition) is 12. The van der Waals surface area contributed by atoms with Crippen molar-refractivity contribution in [2.24, 2.45) is 0 Å². The highest BCUT2D eigenvalue weighted by Gasteiger charge is 2.63. The van der Waals surface area contributed by atoms with Crippen molar-refractivity contribution in [3.63, 3.8) is 0 Å². The Bertz CT molecular complexity index is 2120. The lowest BCUT2D eigenvalue weighted by atomic mass is 9.82. The maximum absolute atomic E-state index is 13.9. The van der Waals surface area contributed by atoms with Gasteiger partial charge in [0.1, 0.15) is 12.2 Å². The Kier molecular flexibility index (Phi) is 47.7. The highest BCUT2D eigenvalue weighted by molar-refractivity contribution is 5.77. The first-order valence-corrected chi connectivity index (χ1v) is 37.4. The number of carboxylic acids is 1. The van der Waals surface area contributed by atoms with Crippen LogP contribution in [0.4, 0.5) is 0 Å². The number of aromatic amines is 1. The molecule has 1 aromatic heterocycles. The number of carboxylic acid groups (broad SMARTS) is 1. The Morgan fingerprint density at radius 2 is 0.856 bits per heavy atom. The molecule has 1 fully saturated rings. The zero-order valence-corrected chi connectivity index (χ0v) is 57.7. The lowest BCUT2D eigenvalue weighted by molar-refractivity contribution is -0.195. The lowest BCUT2D eigenvalue weighted by Crippen LogP contribution is -2.55. The van der Waals surface area contributed by atoms with Crippen LogP contribution in [0, 0.1) is 0 Å². The van der Waals surface area contributed by atoms with Crippen molar-refractivity contribution in [2.75, 3.05) is 33.5 Å². The minimum absolute atomic E-state index is 0.193. The van der Waals surface area contributed by atoms with Gasteiger partial charge in [-0.2, -0.15) is 0 Å². The zero-order chi connectivity index (χ0) is 65.0. The summed E-state index contributed by atoms with van der Waals surface area (Å²) in [5.41, 5.74) is -3.74. The van der Waals surface area contributed by atoms with Gasteiger partial charge in [-0.25, -0.2) is 4.79 Å². The molecule has 1 aliphatic rings. The van der Waals surface area contributed by atoms with E-state index in [0.29, 0.717) is 37.1 Å². The maximum atomic E-state index is 13.9. The van der Waals surface area contributed by atoms with Gasteiger partial charge in [-0.3, -0.25) is 23.9 Å². The number of benzene rings is 1. The van der Waals surface area contributed by atoms with Gasteiger partial charge in [-0.05, 0) is 31.4 Å². The molecule has 4 N–H and O–H groups in total. The minimum Gasteiger partial charge on any atom is -0.490 e. The van der Waals surface area contributed by atoms with Crippen LogP contribution in [-0.2, 0) is 23.8 Å². The van der Waals surface area contributed by atoms with Crippen LogP contribution in [0.3, 0.4) is 0 Å². The number of unbranched alkanes of at least 4 members (excludes halogenated alkanes) is 45. The van der Waals surface area contributed by atoms with Crippen molar-refractivity contribution in [1.29, 1.82) is 0 Å². The van der Waals surface area contributed by atoms with Crippen LogP contribution < -0.4 is 25.5 Å². The number of esters is 1. The lowest BCUT2D eigenvalue weighted by Gasteiger charge is -2.39. The molecule has 0 radical (unpaired) electrons. The molecule has 0 amide bonds. The second-order valence-corrected chi connectivity index (χ2v) is 26.3. The number of hydrogen-bond donors (Lipinski definition) is 4. The molecule has 0 saturated carbocycles. The van der Waals surface area contributed by atoms with E-state index in [1.165, 1.54) is 251 Å². The summed E-state index contributed by atoms with van der Waals surface area (Å²) in [4.78, 5) is 53.3. The summed E-state index contributed by atoms with van der Waals surface area (Å²) in [5, 5.41) is 33.8. The standard InChI is InChI=1S/C75H132N2O13/c1-5-8-11-14-17-20-23-26-29-32-35-38-41-44-47-50-57-86-64-60-63(71(90-69(82)54-53-68(80)81)75(84)66(62-78)89-73(72(75)85-4)77-56-55-67(79)76-74(77)83)61-65(87-58-51-48-45-42-39-36-33-30-27-24-21-18-15-12-9-6-2)70(64)88-59-52-49-46-43-40-37-34-31-28-25-22-19-16-13-10-7-3/h55-56,60-61,66,71-73,78,84H,5-54,57-59,62H2,1-4H3,(H,80,81)(H,76,79,83)/t66-,71?,72+,73-,75+/m1/s1. The Balaban J connectivity index is 1.85.